The van der Waals surface area contributed by atoms with Crippen LogP contribution in [0.15, 0.2) is 0 Å². The zero-order valence-electron chi connectivity index (χ0n) is 13.7. The number of carbonyl (C=O) groups excluding carboxylic acids is 1. The van der Waals surface area contributed by atoms with Crippen molar-refractivity contribution in [2.24, 2.45) is 11.1 Å². The number of hydrogen-bond donors (Lipinski definition) is 2. The molecule has 2 aliphatic rings. The summed E-state index contributed by atoms with van der Waals surface area (Å²) in [5, 5.41) is 2.90. The van der Waals surface area contributed by atoms with E-state index in [0.717, 1.165) is 0 Å². The van der Waals surface area contributed by atoms with Gasteiger partial charge < -0.3 is 25.3 Å². The van der Waals surface area contributed by atoms with E-state index in [0.29, 0.717) is 26.2 Å². The zero-order chi connectivity index (χ0) is 15.9. The van der Waals surface area contributed by atoms with Gasteiger partial charge in [0.15, 0.2) is 5.79 Å². The normalized spacial score (nSPS) is 37.0. The van der Waals surface area contributed by atoms with E-state index in [4.69, 9.17) is 19.9 Å². The quantitative estimate of drug-likeness (QED) is 0.784. The molecule has 3 atom stereocenters. The molecule has 0 radical (unpaired) electrons. The molecule has 1 aliphatic carbocycles. The van der Waals surface area contributed by atoms with Gasteiger partial charge in [-0.1, -0.05) is 13.8 Å². The van der Waals surface area contributed by atoms with Crippen LogP contribution in [0.1, 0.15) is 41.0 Å². The Bertz CT molecular complexity index is 410. The van der Waals surface area contributed by atoms with Crippen molar-refractivity contribution in [1.29, 1.82) is 0 Å². The molecular weight excluding hydrogens is 272 g/mol. The maximum atomic E-state index is 12.4. The van der Waals surface area contributed by atoms with Gasteiger partial charge in [-0.25, -0.2) is 0 Å². The molecule has 1 amide bonds. The van der Waals surface area contributed by atoms with Gasteiger partial charge in [-0.3, -0.25) is 4.79 Å². The van der Waals surface area contributed by atoms with Crippen LogP contribution >= 0.6 is 0 Å². The standard InChI is InChI=1S/C15H28N2O4/c1-6-19-11-7-15(16,13(11,2)3)12(18)17-8-10-9-20-14(4,5)21-10/h10-11H,6-9,16H2,1-5H3,(H,17,18). The predicted octanol–water partition coefficient (Wildman–Crippen LogP) is 0.787. The van der Waals surface area contributed by atoms with E-state index in [9.17, 15) is 4.79 Å². The molecule has 0 aromatic rings. The van der Waals surface area contributed by atoms with E-state index in [2.05, 4.69) is 5.32 Å². The lowest BCUT2D eigenvalue weighted by molar-refractivity contribution is -0.171. The minimum absolute atomic E-state index is 0.0308. The maximum Gasteiger partial charge on any atom is 0.240 e. The number of amides is 1. The molecule has 21 heavy (non-hydrogen) atoms. The Kier molecular flexibility index (Phi) is 4.37. The number of rotatable bonds is 5. The molecule has 0 bridgehead atoms. The molecule has 1 saturated carbocycles. The lowest BCUT2D eigenvalue weighted by atomic mass is 9.54. The average Bonchev–Trinajstić information content (AvgIpc) is 2.75. The van der Waals surface area contributed by atoms with Crippen LogP contribution in [0.3, 0.4) is 0 Å². The van der Waals surface area contributed by atoms with Crippen LogP contribution < -0.4 is 11.1 Å². The van der Waals surface area contributed by atoms with Gasteiger partial charge in [0.25, 0.3) is 0 Å². The minimum Gasteiger partial charge on any atom is -0.378 e. The lowest BCUT2D eigenvalue weighted by Crippen LogP contribution is -2.76. The van der Waals surface area contributed by atoms with E-state index >= 15 is 0 Å². The first-order chi connectivity index (χ1) is 9.62. The summed E-state index contributed by atoms with van der Waals surface area (Å²) < 4.78 is 16.8. The zero-order valence-corrected chi connectivity index (χ0v) is 13.7. The molecule has 0 spiro atoms. The van der Waals surface area contributed by atoms with Gasteiger partial charge in [-0.2, -0.15) is 0 Å². The number of nitrogens with two attached hydrogens (primary N) is 1. The molecule has 6 nitrogen and oxygen atoms in total. The highest BCUT2D eigenvalue weighted by Gasteiger charge is 2.62. The van der Waals surface area contributed by atoms with Crippen molar-refractivity contribution < 1.29 is 19.0 Å². The van der Waals surface area contributed by atoms with Crippen LogP contribution in [0.5, 0.6) is 0 Å². The van der Waals surface area contributed by atoms with Crippen molar-refractivity contribution in [1.82, 2.24) is 5.32 Å². The molecule has 2 rings (SSSR count). The van der Waals surface area contributed by atoms with Gasteiger partial charge in [0, 0.05) is 25.0 Å². The summed E-state index contributed by atoms with van der Waals surface area (Å²) in [6.45, 7) is 11.2. The van der Waals surface area contributed by atoms with E-state index in [1.807, 2.05) is 34.6 Å². The van der Waals surface area contributed by atoms with Gasteiger partial charge in [0.2, 0.25) is 5.91 Å². The van der Waals surface area contributed by atoms with Crippen LogP contribution in [-0.2, 0) is 19.0 Å². The average molecular weight is 300 g/mol. The fraction of sp³-hybridized carbons (Fsp3) is 0.933. The first-order valence-electron chi connectivity index (χ1n) is 7.63. The van der Waals surface area contributed by atoms with Crippen molar-refractivity contribution in [3.63, 3.8) is 0 Å². The molecule has 2 fully saturated rings. The molecular formula is C15H28N2O4. The summed E-state index contributed by atoms with van der Waals surface area (Å²) in [7, 11) is 0. The van der Waals surface area contributed by atoms with E-state index in [1.54, 1.807) is 0 Å². The third-order valence-electron chi connectivity index (χ3n) is 4.79. The number of ether oxygens (including phenoxy) is 3. The highest BCUT2D eigenvalue weighted by atomic mass is 16.7. The predicted molar refractivity (Wildman–Crippen MR) is 78.6 cm³/mol. The minimum atomic E-state index is -0.887. The Labute approximate surface area is 126 Å². The molecule has 1 saturated heterocycles. The summed E-state index contributed by atoms with van der Waals surface area (Å²) in [6.07, 6.45) is 0.453. The molecule has 122 valence electrons. The van der Waals surface area contributed by atoms with Crippen LogP contribution in [0.4, 0.5) is 0 Å². The second-order valence-corrected chi connectivity index (χ2v) is 7.00. The first kappa shape index (κ1) is 16.7. The topological polar surface area (TPSA) is 82.8 Å². The van der Waals surface area contributed by atoms with E-state index < -0.39 is 11.3 Å². The number of carbonyl (C=O) groups is 1. The van der Waals surface area contributed by atoms with Crippen molar-refractivity contribution in [2.75, 3.05) is 19.8 Å². The Morgan fingerprint density at radius 3 is 2.52 bits per heavy atom. The van der Waals surface area contributed by atoms with Crippen molar-refractivity contribution in [3.05, 3.63) is 0 Å². The fourth-order valence-electron chi connectivity index (χ4n) is 3.05. The van der Waals surface area contributed by atoms with Gasteiger partial charge in [0.05, 0.1) is 12.7 Å². The van der Waals surface area contributed by atoms with Gasteiger partial charge in [0.1, 0.15) is 11.6 Å². The molecule has 3 unspecified atom stereocenters. The SMILES string of the molecule is CCOC1CC(N)(C(=O)NCC2COC(C)(C)O2)C1(C)C. The molecule has 1 heterocycles. The lowest BCUT2D eigenvalue weighted by Gasteiger charge is -2.57. The summed E-state index contributed by atoms with van der Waals surface area (Å²) >= 11 is 0. The third kappa shape index (κ3) is 2.95. The van der Waals surface area contributed by atoms with Gasteiger partial charge >= 0.3 is 0 Å². The molecule has 0 aromatic carbocycles. The number of hydrogen-bond acceptors (Lipinski definition) is 5. The molecule has 0 aromatic heterocycles. The first-order valence-corrected chi connectivity index (χ1v) is 7.63. The maximum absolute atomic E-state index is 12.4. The Balaban J connectivity index is 1.87. The highest BCUT2D eigenvalue weighted by molar-refractivity contribution is 5.88. The van der Waals surface area contributed by atoms with Crippen molar-refractivity contribution in [2.45, 2.75) is 64.6 Å². The Morgan fingerprint density at radius 1 is 1.38 bits per heavy atom. The van der Waals surface area contributed by atoms with Crippen LogP contribution in [0, 0.1) is 5.41 Å². The molecule has 3 N–H and O–H groups in total. The number of nitrogens with one attached hydrogen (secondary N) is 1. The van der Waals surface area contributed by atoms with Crippen LogP contribution in [0.25, 0.3) is 0 Å². The van der Waals surface area contributed by atoms with Gasteiger partial charge in [-0.15, -0.1) is 0 Å². The van der Waals surface area contributed by atoms with Crippen LogP contribution in [0.2, 0.25) is 0 Å². The second-order valence-electron chi connectivity index (χ2n) is 7.00. The second kappa shape index (κ2) is 5.50. The van der Waals surface area contributed by atoms with Gasteiger partial charge in [-0.05, 0) is 20.8 Å². The summed E-state index contributed by atoms with van der Waals surface area (Å²) in [4.78, 5) is 12.4. The molecule has 6 heteroatoms. The summed E-state index contributed by atoms with van der Waals surface area (Å²) in [6, 6.07) is 0. The fourth-order valence-corrected chi connectivity index (χ4v) is 3.05. The van der Waals surface area contributed by atoms with Crippen molar-refractivity contribution in [3.8, 4) is 0 Å². The Hall–Kier alpha value is -0.690. The molecule has 1 aliphatic heterocycles. The summed E-state index contributed by atoms with van der Waals surface area (Å²) in [5.74, 6) is -0.720. The monoisotopic (exact) mass is 300 g/mol. The summed E-state index contributed by atoms with van der Waals surface area (Å²) in [5.41, 5.74) is 5.06. The van der Waals surface area contributed by atoms with Crippen LogP contribution in [-0.4, -0.2) is 49.2 Å². The van der Waals surface area contributed by atoms with E-state index in [-0.39, 0.29) is 23.5 Å². The smallest absolute Gasteiger partial charge is 0.240 e. The Morgan fingerprint density at radius 2 is 2.05 bits per heavy atom. The van der Waals surface area contributed by atoms with E-state index in [1.165, 1.54) is 0 Å². The van der Waals surface area contributed by atoms with Crippen molar-refractivity contribution >= 4 is 5.91 Å². The highest BCUT2D eigenvalue weighted by Crippen LogP contribution is 2.49. The largest absolute Gasteiger partial charge is 0.378 e. The third-order valence-corrected chi connectivity index (χ3v) is 4.79.